The summed E-state index contributed by atoms with van der Waals surface area (Å²) in [5.41, 5.74) is 3.69. The quantitative estimate of drug-likeness (QED) is 0.332. The fraction of sp³-hybridized carbons (Fsp3) is 0.333. The summed E-state index contributed by atoms with van der Waals surface area (Å²) in [4.78, 5) is 36.7. The van der Waals surface area contributed by atoms with Crippen LogP contribution in [0.4, 0.5) is 16.2 Å². The number of rotatable bonds is 10. The standard InChI is InChI=1S/C27H32N4O5/c1-5-6-7-18-8-12-20(13-9-18)28-27(34)29-21-14-10-19(11-15-21)22-16-23(36-31-22)25(32)30-24(17(2)3)26(33)35-4/h8-17,24H,5-7H2,1-4H3,(H,30,32)(H2,28,29,34). The number of nitrogens with zero attached hydrogens (tertiary/aromatic N) is 1. The van der Waals surface area contributed by atoms with Crippen molar-refractivity contribution in [2.75, 3.05) is 17.7 Å². The van der Waals surface area contributed by atoms with E-state index in [4.69, 9.17) is 9.26 Å². The van der Waals surface area contributed by atoms with Crippen molar-refractivity contribution >= 4 is 29.3 Å². The number of anilines is 2. The van der Waals surface area contributed by atoms with Crippen LogP contribution in [0.25, 0.3) is 11.3 Å². The van der Waals surface area contributed by atoms with Gasteiger partial charge in [0.2, 0.25) is 5.76 Å². The molecule has 3 aromatic rings. The number of methoxy groups -OCH3 is 1. The first-order valence-electron chi connectivity index (χ1n) is 11.9. The molecule has 3 amide bonds. The minimum atomic E-state index is -0.799. The van der Waals surface area contributed by atoms with Gasteiger partial charge in [-0.3, -0.25) is 4.79 Å². The molecule has 3 N–H and O–H groups in total. The summed E-state index contributed by atoms with van der Waals surface area (Å²) in [6.07, 6.45) is 3.31. The summed E-state index contributed by atoms with van der Waals surface area (Å²) in [7, 11) is 1.27. The van der Waals surface area contributed by atoms with E-state index < -0.39 is 17.9 Å². The van der Waals surface area contributed by atoms with E-state index >= 15 is 0 Å². The summed E-state index contributed by atoms with van der Waals surface area (Å²) in [6, 6.07) is 15.1. The lowest BCUT2D eigenvalue weighted by atomic mass is 10.0. The number of carbonyl (C=O) groups excluding carboxylic acids is 3. The van der Waals surface area contributed by atoms with Gasteiger partial charge in [-0.1, -0.05) is 56.6 Å². The van der Waals surface area contributed by atoms with Crippen molar-refractivity contribution in [1.82, 2.24) is 10.5 Å². The number of aryl methyl sites for hydroxylation is 1. The lowest BCUT2D eigenvalue weighted by Crippen LogP contribution is -2.44. The zero-order valence-corrected chi connectivity index (χ0v) is 21.0. The Morgan fingerprint density at radius 3 is 2.14 bits per heavy atom. The van der Waals surface area contributed by atoms with E-state index in [9.17, 15) is 14.4 Å². The van der Waals surface area contributed by atoms with Gasteiger partial charge >= 0.3 is 12.0 Å². The summed E-state index contributed by atoms with van der Waals surface area (Å²) >= 11 is 0. The lowest BCUT2D eigenvalue weighted by molar-refractivity contribution is -0.144. The fourth-order valence-electron chi connectivity index (χ4n) is 3.51. The Balaban J connectivity index is 1.57. The molecule has 1 heterocycles. The molecule has 3 rings (SSSR count). The minimum Gasteiger partial charge on any atom is -0.467 e. The number of benzene rings is 2. The van der Waals surface area contributed by atoms with Crippen molar-refractivity contribution in [2.45, 2.75) is 46.1 Å². The first-order chi connectivity index (χ1) is 17.3. The van der Waals surface area contributed by atoms with Crippen molar-refractivity contribution in [1.29, 1.82) is 0 Å². The molecule has 0 radical (unpaired) electrons. The molecule has 0 saturated carbocycles. The highest BCUT2D eigenvalue weighted by Crippen LogP contribution is 2.22. The Morgan fingerprint density at radius 2 is 1.58 bits per heavy atom. The smallest absolute Gasteiger partial charge is 0.328 e. The van der Waals surface area contributed by atoms with Crippen LogP contribution in [0.2, 0.25) is 0 Å². The summed E-state index contributed by atoms with van der Waals surface area (Å²) in [5.74, 6) is -1.28. The molecule has 0 aliphatic heterocycles. The largest absolute Gasteiger partial charge is 0.467 e. The van der Waals surface area contributed by atoms with Crippen LogP contribution >= 0.6 is 0 Å². The maximum absolute atomic E-state index is 12.5. The van der Waals surface area contributed by atoms with Crippen molar-refractivity contribution < 1.29 is 23.6 Å². The number of hydrogen-bond donors (Lipinski definition) is 3. The average molecular weight is 493 g/mol. The molecule has 0 aliphatic rings. The fourth-order valence-corrected chi connectivity index (χ4v) is 3.51. The Morgan fingerprint density at radius 1 is 0.972 bits per heavy atom. The first kappa shape index (κ1) is 26.5. The molecule has 0 bridgehead atoms. The summed E-state index contributed by atoms with van der Waals surface area (Å²) in [5, 5.41) is 12.2. The molecule has 9 nitrogen and oxygen atoms in total. The van der Waals surface area contributed by atoms with Crippen LogP contribution in [0, 0.1) is 5.92 Å². The molecule has 2 aromatic carbocycles. The number of amides is 3. The molecule has 0 spiro atoms. The van der Waals surface area contributed by atoms with E-state index in [0.717, 1.165) is 19.3 Å². The molecule has 190 valence electrons. The number of nitrogens with one attached hydrogen (secondary N) is 3. The Labute approximate surface area is 210 Å². The van der Waals surface area contributed by atoms with Crippen LogP contribution in [0.1, 0.15) is 49.7 Å². The predicted molar refractivity (Wildman–Crippen MR) is 138 cm³/mol. The molecule has 1 unspecified atom stereocenters. The molecule has 1 atom stereocenters. The van der Waals surface area contributed by atoms with Crippen LogP contribution < -0.4 is 16.0 Å². The molecule has 0 saturated heterocycles. The van der Waals surface area contributed by atoms with Gasteiger partial charge in [-0.05, 0) is 48.6 Å². The highest BCUT2D eigenvalue weighted by atomic mass is 16.5. The number of aromatic nitrogens is 1. The monoisotopic (exact) mass is 492 g/mol. The number of ether oxygens (including phenoxy) is 1. The van der Waals surface area contributed by atoms with Gasteiger partial charge < -0.3 is 25.2 Å². The lowest BCUT2D eigenvalue weighted by Gasteiger charge is -2.18. The zero-order valence-electron chi connectivity index (χ0n) is 21.0. The van der Waals surface area contributed by atoms with Crippen LogP contribution in [0.5, 0.6) is 0 Å². The van der Waals surface area contributed by atoms with Gasteiger partial charge in [0.05, 0.1) is 7.11 Å². The topological polar surface area (TPSA) is 123 Å². The van der Waals surface area contributed by atoms with Crippen LogP contribution in [0.15, 0.2) is 59.1 Å². The predicted octanol–water partition coefficient (Wildman–Crippen LogP) is 5.26. The highest BCUT2D eigenvalue weighted by molar-refractivity contribution is 6.00. The van der Waals surface area contributed by atoms with Gasteiger partial charge in [-0.2, -0.15) is 0 Å². The van der Waals surface area contributed by atoms with Crippen molar-refractivity contribution in [3.8, 4) is 11.3 Å². The van der Waals surface area contributed by atoms with E-state index in [0.29, 0.717) is 22.6 Å². The van der Waals surface area contributed by atoms with Gasteiger partial charge in [0.1, 0.15) is 11.7 Å². The maximum atomic E-state index is 12.5. The highest BCUT2D eigenvalue weighted by Gasteiger charge is 2.27. The van der Waals surface area contributed by atoms with Gasteiger partial charge in [0, 0.05) is 23.0 Å². The number of carbonyl (C=O) groups is 3. The third kappa shape index (κ3) is 7.18. The summed E-state index contributed by atoms with van der Waals surface area (Å²) in [6.45, 7) is 5.76. The van der Waals surface area contributed by atoms with E-state index in [2.05, 4.69) is 28.0 Å². The number of urea groups is 1. The van der Waals surface area contributed by atoms with E-state index in [1.165, 1.54) is 18.7 Å². The third-order valence-corrected chi connectivity index (χ3v) is 5.61. The van der Waals surface area contributed by atoms with Crippen LogP contribution in [-0.2, 0) is 16.0 Å². The third-order valence-electron chi connectivity index (χ3n) is 5.61. The second kappa shape index (κ2) is 12.5. The van der Waals surface area contributed by atoms with Crippen molar-refractivity contribution in [2.24, 2.45) is 5.92 Å². The number of hydrogen-bond acceptors (Lipinski definition) is 6. The van der Waals surface area contributed by atoms with Crippen molar-refractivity contribution in [3.63, 3.8) is 0 Å². The Hall–Kier alpha value is -4.14. The molecule has 1 aromatic heterocycles. The van der Waals surface area contributed by atoms with Gasteiger partial charge in [0.15, 0.2) is 0 Å². The maximum Gasteiger partial charge on any atom is 0.328 e. The Kier molecular flexibility index (Phi) is 9.21. The molecule has 9 heteroatoms. The molecule has 36 heavy (non-hydrogen) atoms. The first-order valence-corrected chi connectivity index (χ1v) is 11.9. The molecule has 0 aliphatic carbocycles. The molecular weight excluding hydrogens is 460 g/mol. The van der Waals surface area contributed by atoms with Gasteiger partial charge in [-0.15, -0.1) is 0 Å². The molecular formula is C27H32N4O5. The van der Waals surface area contributed by atoms with Crippen LogP contribution in [-0.4, -0.2) is 36.2 Å². The number of esters is 1. The van der Waals surface area contributed by atoms with Gasteiger partial charge in [0.25, 0.3) is 5.91 Å². The zero-order chi connectivity index (χ0) is 26.1. The Bertz CT molecular complexity index is 1170. The minimum absolute atomic E-state index is 0.0261. The average Bonchev–Trinajstić information content (AvgIpc) is 3.37. The molecule has 0 fully saturated rings. The van der Waals surface area contributed by atoms with E-state index in [1.54, 1.807) is 38.1 Å². The van der Waals surface area contributed by atoms with E-state index in [1.807, 2.05) is 24.3 Å². The van der Waals surface area contributed by atoms with E-state index in [-0.39, 0.29) is 17.7 Å². The second-order valence-corrected chi connectivity index (χ2v) is 8.75. The normalized spacial score (nSPS) is 11.6. The SMILES string of the molecule is CCCCc1ccc(NC(=O)Nc2ccc(-c3cc(C(=O)NC(C(=O)OC)C(C)C)on3)cc2)cc1. The van der Waals surface area contributed by atoms with Gasteiger partial charge in [-0.25, -0.2) is 9.59 Å². The number of unbranched alkanes of at least 4 members (excludes halogenated alkanes) is 1. The second-order valence-electron chi connectivity index (χ2n) is 8.75. The summed E-state index contributed by atoms with van der Waals surface area (Å²) < 4.78 is 9.91. The van der Waals surface area contributed by atoms with Crippen molar-refractivity contribution in [3.05, 3.63) is 65.9 Å². The van der Waals surface area contributed by atoms with Crippen LogP contribution in [0.3, 0.4) is 0 Å².